The van der Waals surface area contributed by atoms with Gasteiger partial charge in [0.2, 0.25) is 0 Å². The van der Waals surface area contributed by atoms with E-state index in [1.807, 2.05) is 18.2 Å². The molecule has 0 amide bonds. The minimum atomic E-state index is 0.420. The predicted octanol–water partition coefficient (Wildman–Crippen LogP) is 3.11. The number of nitrogens with zero attached hydrogens (tertiary/aromatic N) is 2. The molecule has 1 aromatic heterocycles. The fraction of sp³-hybridized carbons (Fsp3) is 0.0909. The van der Waals surface area contributed by atoms with Crippen molar-refractivity contribution in [3.63, 3.8) is 0 Å². The van der Waals surface area contributed by atoms with E-state index >= 15 is 0 Å². The van der Waals surface area contributed by atoms with Crippen molar-refractivity contribution in [3.05, 3.63) is 47.2 Å². The fourth-order valence-electron chi connectivity index (χ4n) is 1.32. The average molecular weight is 205 g/mol. The van der Waals surface area contributed by atoms with Crippen LogP contribution < -0.4 is 0 Å². The quantitative estimate of drug-likeness (QED) is 0.714. The van der Waals surface area contributed by atoms with E-state index in [0.29, 0.717) is 5.15 Å². The summed E-state index contributed by atoms with van der Waals surface area (Å²) in [5.74, 6) is 0. The number of hydrogen-bond acceptors (Lipinski definition) is 2. The van der Waals surface area contributed by atoms with Crippen LogP contribution in [0.25, 0.3) is 11.1 Å². The highest BCUT2D eigenvalue weighted by Gasteiger charge is 1.99. The zero-order chi connectivity index (χ0) is 9.97. The number of rotatable bonds is 1. The van der Waals surface area contributed by atoms with E-state index in [9.17, 15) is 0 Å². The minimum Gasteiger partial charge on any atom is -0.157 e. The van der Waals surface area contributed by atoms with Crippen molar-refractivity contribution in [2.24, 2.45) is 0 Å². The first-order chi connectivity index (χ1) is 6.75. The second-order valence-electron chi connectivity index (χ2n) is 3.14. The summed E-state index contributed by atoms with van der Waals surface area (Å²) in [4.78, 5) is 0. The zero-order valence-corrected chi connectivity index (χ0v) is 8.49. The molecule has 0 radical (unpaired) electrons. The van der Waals surface area contributed by atoms with E-state index in [-0.39, 0.29) is 0 Å². The van der Waals surface area contributed by atoms with Gasteiger partial charge in [0, 0.05) is 5.56 Å². The highest BCUT2D eigenvalue weighted by molar-refractivity contribution is 6.29. The lowest BCUT2D eigenvalue weighted by molar-refractivity contribution is 1.03. The Balaban J connectivity index is 2.49. The third-order valence-corrected chi connectivity index (χ3v) is 2.16. The number of aryl methyl sites for hydroxylation is 1. The maximum absolute atomic E-state index is 5.76. The van der Waals surface area contributed by atoms with Crippen LogP contribution in [-0.2, 0) is 0 Å². The maximum Gasteiger partial charge on any atom is 0.152 e. The molecule has 14 heavy (non-hydrogen) atoms. The molecule has 3 heteroatoms. The Labute approximate surface area is 87.6 Å². The van der Waals surface area contributed by atoms with Crippen molar-refractivity contribution in [1.29, 1.82) is 0 Å². The zero-order valence-electron chi connectivity index (χ0n) is 7.74. The van der Waals surface area contributed by atoms with E-state index in [2.05, 4.69) is 29.3 Å². The molecule has 0 saturated heterocycles. The summed E-state index contributed by atoms with van der Waals surface area (Å²) in [7, 11) is 0. The molecule has 0 aliphatic carbocycles. The van der Waals surface area contributed by atoms with Gasteiger partial charge in [0.05, 0.1) is 6.20 Å². The van der Waals surface area contributed by atoms with Gasteiger partial charge in [-0.05, 0) is 18.6 Å². The molecule has 70 valence electrons. The van der Waals surface area contributed by atoms with Gasteiger partial charge in [0.15, 0.2) is 5.15 Å². The molecule has 2 rings (SSSR count). The summed E-state index contributed by atoms with van der Waals surface area (Å²) in [5, 5.41) is 7.93. The predicted molar refractivity (Wildman–Crippen MR) is 57.2 cm³/mol. The Kier molecular flexibility index (Phi) is 2.46. The average Bonchev–Trinajstić information content (AvgIpc) is 2.18. The second kappa shape index (κ2) is 3.76. The standard InChI is InChI=1S/C11H9ClN2/c1-8-3-2-4-9(5-8)10-6-11(12)14-13-7-10/h2-7H,1H3. The van der Waals surface area contributed by atoms with Crippen molar-refractivity contribution in [3.8, 4) is 11.1 Å². The van der Waals surface area contributed by atoms with Gasteiger partial charge >= 0.3 is 0 Å². The van der Waals surface area contributed by atoms with Gasteiger partial charge in [0.25, 0.3) is 0 Å². The number of benzene rings is 1. The maximum atomic E-state index is 5.76. The van der Waals surface area contributed by atoms with Crippen LogP contribution in [-0.4, -0.2) is 10.2 Å². The van der Waals surface area contributed by atoms with Crippen LogP contribution in [0, 0.1) is 6.92 Å². The summed E-state index contributed by atoms with van der Waals surface area (Å²) in [6, 6.07) is 10.00. The smallest absolute Gasteiger partial charge is 0.152 e. The number of hydrogen-bond donors (Lipinski definition) is 0. The van der Waals surface area contributed by atoms with E-state index in [1.165, 1.54) is 5.56 Å². The van der Waals surface area contributed by atoms with E-state index in [4.69, 9.17) is 11.6 Å². The first-order valence-corrected chi connectivity index (χ1v) is 4.69. The topological polar surface area (TPSA) is 25.8 Å². The van der Waals surface area contributed by atoms with Gasteiger partial charge in [-0.15, -0.1) is 5.10 Å². The molecule has 0 fully saturated rings. The molecule has 0 spiro atoms. The van der Waals surface area contributed by atoms with E-state index in [1.54, 1.807) is 6.20 Å². The van der Waals surface area contributed by atoms with Crippen LogP contribution in [0.1, 0.15) is 5.56 Å². The molecule has 0 atom stereocenters. The highest BCUT2D eigenvalue weighted by Crippen LogP contribution is 2.20. The summed E-state index contributed by atoms with van der Waals surface area (Å²) in [6.07, 6.45) is 1.71. The van der Waals surface area contributed by atoms with Gasteiger partial charge in [-0.1, -0.05) is 41.4 Å². The number of aromatic nitrogens is 2. The third-order valence-electron chi connectivity index (χ3n) is 1.98. The molecule has 1 heterocycles. The fourth-order valence-corrected chi connectivity index (χ4v) is 1.48. The van der Waals surface area contributed by atoms with Crippen molar-refractivity contribution in [2.75, 3.05) is 0 Å². The van der Waals surface area contributed by atoms with Gasteiger partial charge in [-0.2, -0.15) is 5.10 Å². The van der Waals surface area contributed by atoms with Crippen molar-refractivity contribution < 1.29 is 0 Å². The Hall–Kier alpha value is -1.41. The summed E-state index contributed by atoms with van der Waals surface area (Å²) < 4.78 is 0. The van der Waals surface area contributed by atoms with Gasteiger partial charge < -0.3 is 0 Å². The van der Waals surface area contributed by atoms with Gasteiger partial charge in [0.1, 0.15) is 0 Å². The Morgan fingerprint density at radius 1 is 1.14 bits per heavy atom. The lowest BCUT2D eigenvalue weighted by Gasteiger charge is -2.01. The number of halogens is 1. The van der Waals surface area contributed by atoms with Crippen LogP contribution in [0.15, 0.2) is 36.5 Å². The normalized spacial score (nSPS) is 10.1. The molecule has 0 bridgehead atoms. The van der Waals surface area contributed by atoms with E-state index < -0.39 is 0 Å². The van der Waals surface area contributed by atoms with Crippen LogP contribution >= 0.6 is 11.6 Å². The van der Waals surface area contributed by atoms with Gasteiger partial charge in [-0.3, -0.25) is 0 Å². The van der Waals surface area contributed by atoms with Gasteiger partial charge in [-0.25, -0.2) is 0 Å². The first kappa shape index (κ1) is 9.16. The summed E-state index contributed by atoms with van der Waals surface area (Å²) >= 11 is 5.76. The highest BCUT2D eigenvalue weighted by atomic mass is 35.5. The second-order valence-corrected chi connectivity index (χ2v) is 3.52. The van der Waals surface area contributed by atoms with Crippen molar-refractivity contribution in [1.82, 2.24) is 10.2 Å². The first-order valence-electron chi connectivity index (χ1n) is 4.31. The molecule has 0 unspecified atom stereocenters. The molecule has 0 aliphatic rings. The molecular weight excluding hydrogens is 196 g/mol. The molecule has 0 aliphatic heterocycles. The summed E-state index contributed by atoms with van der Waals surface area (Å²) in [5.41, 5.74) is 3.32. The monoisotopic (exact) mass is 204 g/mol. The Morgan fingerprint density at radius 2 is 2.00 bits per heavy atom. The Bertz CT molecular complexity index is 411. The van der Waals surface area contributed by atoms with Crippen LogP contribution in [0.2, 0.25) is 5.15 Å². The van der Waals surface area contributed by atoms with Crippen LogP contribution in [0.4, 0.5) is 0 Å². The lowest BCUT2D eigenvalue weighted by atomic mass is 10.1. The molecule has 2 aromatic rings. The lowest BCUT2D eigenvalue weighted by Crippen LogP contribution is -1.84. The molecule has 0 saturated carbocycles. The Morgan fingerprint density at radius 3 is 2.71 bits per heavy atom. The molecular formula is C11H9ClN2. The molecule has 0 N–H and O–H groups in total. The third kappa shape index (κ3) is 1.91. The molecule has 2 nitrogen and oxygen atoms in total. The largest absolute Gasteiger partial charge is 0.157 e. The van der Waals surface area contributed by atoms with Crippen molar-refractivity contribution in [2.45, 2.75) is 6.92 Å². The minimum absolute atomic E-state index is 0.420. The SMILES string of the molecule is Cc1cccc(-c2cnnc(Cl)c2)c1. The summed E-state index contributed by atoms with van der Waals surface area (Å²) in [6.45, 7) is 2.06. The van der Waals surface area contributed by atoms with Crippen molar-refractivity contribution >= 4 is 11.6 Å². The molecule has 1 aromatic carbocycles. The van der Waals surface area contributed by atoms with Crippen LogP contribution in [0.5, 0.6) is 0 Å². The van der Waals surface area contributed by atoms with E-state index in [0.717, 1.165) is 11.1 Å². The van der Waals surface area contributed by atoms with Crippen LogP contribution in [0.3, 0.4) is 0 Å².